The summed E-state index contributed by atoms with van der Waals surface area (Å²) in [6, 6.07) is 19.6. The van der Waals surface area contributed by atoms with Crippen LogP contribution in [-0.4, -0.2) is 46.8 Å². The number of carbonyl (C=O) groups excluding carboxylic acids is 2. The number of rotatable bonds is 3. The summed E-state index contributed by atoms with van der Waals surface area (Å²) in [5.41, 5.74) is 3.98. The average Bonchev–Trinajstić information content (AvgIpc) is 3.26. The molecule has 3 aliphatic heterocycles. The highest BCUT2D eigenvalue weighted by molar-refractivity contribution is 5.81. The van der Waals surface area contributed by atoms with Gasteiger partial charge in [-0.05, 0) is 67.1 Å². The minimum Gasteiger partial charge on any atom is -0.342 e. The molecule has 0 aromatic heterocycles. The van der Waals surface area contributed by atoms with Gasteiger partial charge in [0.15, 0.2) is 0 Å². The van der Waals surface area contributed by atoms with Crippen molar-refractivity contribution in [2.45, 2.75) is 57.0 Å². The van der Waals surface area contributed by atoms with Gasteiger partial charge in [0.1, 0.15) is 0 Å². The van der Waals surface area contributed by atoms with Crippen LogP contribution in [0.5, 0.6) is 0 Å². The van der Waals surface area contributed by atoms with Crippen molar-refractivity contribution in [3.63, 3.8) is 0 Å². The van der Waals surface area contributed by atoms with Gasteiger partial charge in [-0.3, -0.25) is 9.59 Å². The Morgan fingerprint density at radius 1 is 0.906 bits per heavy atom. The lowest BCUT2D eigenvalue weighted by atomic mass is 9.70. The first-order chi connectivity index (χ1) is 15.7. The zero-order valence-electron chi connectivity index (χ0n) is 18.7. The van der Waals surface area contributed by atoms with Gasteiger partial charge in [0.25, 0.3) is 0 Å². The zero-order chi connectivity index (χ0) is 21.7. The predicted molar refractivity (Wildman–Crippen MR) is 124 cm³/mol. The molecule has 6 rings (SSSR count). The van der Waals surface area contributed by atoms with Gasteiger partial charge in [-0.1, -0.05) is 54.6 Å². The summed E-state index contributed by atoms with van der Waals surface area (Å²) in [5, 5.41) is 0. The lowest BCUT2D eigenvalue weighted by Crippen LogP contribution is -2.66. The van der Waals surface area contributed by atoms with Crippen LogP contribution in [0.4, 0.5) is 0 Å². The molecule has 0 radical (unpaired) electrons. The van der Waals surface area contributed by atoms with Crippen molar-refractivity contribution in [2.24, 2.45) is 17.8 Å². The van der Waals surface area contributed by atoms with Crippen molar-refractivity contribution >= 4 is 11.8 Å². The molecule has 166 valence electrons. The molecular formula is C28H32N2O2. The second-order valence-electron chi connectivity index (χ2n) is 10.4. The molecule has 0 spiro atoms. The van der Waals surface area contributed by atoms with Gasteiger partial charge < -0.3 is 9.80 Å². The van der Waals surface area contributed by atoms with Gasteiger partial charge in [-0.15, -0.1) is 0 Å². The first kappa shape index (κ1) is 20.0. The number of likely N-dealkylation sites (tertiary alicyclic amines) is 1. The Kier molecular flexibility index (Phi) is 5.04. The molecule has 4 atom stereocenters. The van der Waals surface area contributed by atoms with Crippen LogP contribution in [0.1, 0.15) is 42.4 Å². The smallest absolute Gasteiger partial charge is 0.226 e. The summed E-state index contributed by atoms with van der Waals surface area (Å²) in [6.07, 6.45) is 6.57. The SMILES string of the molecule is O=C(C1Cc2ccccc2C1)N1C[C@H]2C[C@@H](C1)[C@H](Cc1ccccc1)N1C(=O)CCC[C@@H]21. The van der Waals surface area contributed by atoms with E-state index in [1.54, 1.807) is 0 Å². The molecule has 0 N–H and O–H groups in total. The summed E-state index contributed by atoms with van der Waals surface area (Å²) >= 11 is 0. The molecule has 4 aliphatic rings. The third-order valence-electron chi connectivity index (χ3n) is 8.50. The lowest BCUT2D eigenvalue weighted by molar-refractivity contribution is -0.157. The van der Waals surface area contributed by atoms with E-state index >= 15 is 0 Å². The highest BCUT2D eigenvalue weighted by Gasteiger charge is 2.50. The number of nitrogens with zero attached hydrogens (tertiary/aromatic N) is 2. The van der Waals surface area contributed by atoms with Gasteiger partial charge in [-0.25, -0.2) is 0 Å². The lowest BCUT2D eigenvalue weighted by Gasteiger charge is -2.57. The summed E-state index contributed by atoms with van der Waals surface area (Å²) in [5.74, 6) is 1.56. The van der Waals surface area contributed by atoms with E-state index in [-0.39, 0.29) is 12.0 Å². The molecule has 4 heteroatoms. The van der Waals surface area contributed by atoms with Gasteiger partial charge in [0.2, 0.25) is 11.8 Å². The summed E-state index contributed by atoms with van der Waals surface area (Å²) < 4.78 is 0. The minimum atomic E-state index is 0.0860. The number of piperidine rings is 3. The van der Waals surface area contributed by atoms with Crippen LogP contribution in [0.25, 0.3) is 0 Å². The quantitative estimate of drug-likeness (QED) is 0.745. The van der Waals surface area contributed by atoms with E-state index in [1.165, 1.54) is 16.7 Å². The van der Waals surface area contributed by atoms with E-state index in [1.807, 2.05) is 0 Å². The average molecular weight is 429 g/mol. The third kappa shape index (κ3) is 3.44. The van der Waals surface area contributed by atoms with Gasteiger partial charge in [-0.2, -0.15) is 0 Å². The third-order valence-corrected chi connectivity index (χ3v) is 8.50. The van der Waals surface area contributed by atoms with Crippen molar-refractivity contribution in [2.75, 3.05) is 13.1 Å². The van der Waals surface area contributed by atoms with E-state index in [4.69, 9.17) is 0 Å². The molecule has 2 bridgehead atoms. The highest BCUT2D eigenvalue weighted by Crippen LogP contribution is 2.43. The van der Waals surface area contributed by atoms with Crippen LogP contribution in [0.2, 0.25) is 0 Å². The number of amides is 2. The van der Waals surface area contributed by atoms with E-state index < -0.39 is 0 Å². The van der Waals surface area contributed by atoms with Gasteiger partial charge in [0.05, 0.1) is 0 Å². The fourth-order valence-electron chi connectivity index (χ4n) is 7.06. The van der Waals surface area contributed by atoms with E-state index in [9.17, 15) is 9.59 Å². The minimum absolute atomic E-state index is 0.0860. The van der Waals surface area contributed by atoms with Crippen LogP contribution in [0, 0.1) is 17.8 Å². The highest BCUT2D eigenvalue weighted by atomic mass is 16.2. The molecular weight excluding hydrogens is 396 g/mol. The molecule has 3 saturated heterocycles. The second-order valence-corrected chi connectivity index (χ2v) is 10.4. The Morgan fingerprint density at radius 3 is 2.34 bits per heavy atom. The maximum absolute atomic E-state index is 13.6. The van der Waals surface area contributed by atoms with Crippen LogP contribution < -0.4 is 0 Å². The standard InChI is InChI=1S/C28H32N2O2/c31-27-12-6-11-25-23-16-24(26(30(25)27)13-19-7-2-1-3-8-19)18-29(17-23)28(32)22-14-20-9-4-5-10-21(20)15-22/h1-5,7-10,22-26H,6,11-18H2/t23-,24+,25+,26+/m1/s1. The molecule has 3 heterocycles. The maximum atomic E-state index is 13.6. The molecule has 4 nitrogen and oxygen atoms in total. The first-order valence-corrected chi connectivity index (χ1v) is 12.4. The Bertz CT molecular complexity index is 994. The number of benzene rings is 2. The molecule has 2 amide bonds. The van der Waals surface area contributed by atoms with E-state index in [0.29, 0.717) is 36.1 Å². The second kappa shape index (κ2) is 8.06. The monoisotopic (exact) mass is 428 g/mol. The first-order valence-electron chi connectivity index (χ1n) is 12.4. The molecule has 32 heavy (non-hydrogen) atoms. The number of hydrogen-bond acceptors (Lipinski definition) is 2. The molecule has 0 saturated carbocycles. The van der Waals surface area contributed by atoms with E-state index in [0.717, 1.165) is 51.6 Å². The van der Waals surface area contributed by atoms with Crippen molar-refractivity contribution in [3.8, 4) is 0 Å². The van der Waals surface area contributed by atoms with Crippen LogP contribution in [0.3, 0.4) is 0 Å². The largest absolute Gasteiger partial charge is 0.342 e. The zero-order valence-corrected chi connectivity index (χ0v) is 18.7. The fourth-order valence-corrected chi connectivity index (χ4v) is 7.06. The molecule has 1 aliphatic carbocycles. The van der Waals surface area contributed by atoms with Crippen LogP contribution in [-0.2, 0) is 28.9 Å². The number of fused-ring (bicyclic) bond motifs is 5. The Hall–Kier alpha value is -2.62. The molecule has 2 aromatic rings. The number of carbonyl (C=O) groups is 2. The van der Waals surface area contributed by atoms with Crippen molar-refractivity contribution in [1.82, 2.24) is 9.80 Å². The van der Waals surface area contributed by atoms with E-state index in [2.05, 4.69) is 64.4 Å². The summed E-state index contributed by atoms with van der Waals surface area (Å²) in [4.78, 5) is 31.1. The predicted octanol–water partition coefficient (Wildman–Crippen LogP) is 3.87. The number of hydrogen-bond donors (Lipinski definition) is 0. The molecule has 2 aromatic carbocycles. The van der Waals surface area contributed by atoms with Gasteiger partial charge >= 0.3 is 0 Å². The Morgan fingerprint density at radius 2 is 1.59 bits per heavy atom. The summed E-state index contributed by atoms with van der Waals surface area (Å²) in [7, 11) is 0. The molecule has 3 fully saturated rings. The maximum Gasteiger partial charge on any atom is 0.226 e. The summed E-state index contributed by atoms with van der Waals surface area (Å²) in [6.45, 7) is 1.63. The fraction of sp³-hybridized carbons (Fsp3) is 0.500. The molecule has 0 unspecified atom stereocenters. The van der Waals surface area contributed by atoms with Crippen molar-refractivity contribution < 1.29 is 9.59 Å². The van der Waals surface area contributed by atoms with Crippen molar-refractivity contribution in [1.29, 1.82) is 0 Å². The Balaban J connectivity index is 1.25. The Labute approximate surface area is 190 Å². The normalized spacial score (nSPS) is 29.6. The topological polar surface area (TPSA) is 40.6 Å². The van der Waals surface area contributed by atoms with Crippen molar-refractivity contribution in [3.05, 3.63) is 71.3 Å². The van der Waals surface area contributed by atoms with Gasteiger partial charge in [0, 0.05) is 37.5 Å². The van der Waals surface area contributed by atoms with Crippen LogP contribution >= 0.6 is 0 Å². The van der Waals surface area contributed by atoms with Crippen LogP contribution in [0.15, 0.2) is 54.6 Å².